The number of rotatable bonds is 14. The molecule has 0 aromatic carbocycles. The zero-order chi connectivity index (χ0) is 24.0. The smallest absolute Gasteiger partial charge is 0.303 e. The van der Waals surface area contributed by atoms with Crippen LogP contribution in [-0.4, -0.2) is 27.2 Å². The highest BCUT2D eigenvalue weighted by molar-refractivity contribution is 6.48. The first-order valence-electron chi connectivity index (χ1n) is 13.0. The maximum atomic E-state index is 11.5. The lowest BCUT2D eigenvalue weighted by Crippen LogP contribution is -2.42. The van der Waals surface area contributed by atoms with E-state index in [4.69, 9.17) is 9.16 Å². The molecule has 32 heavy (non-hydrogen) atoms. The Kier molecular flexibility index (Phi) is 14.1. The van der Waals surface area contributed by atoms with E-state index in [9.17, 15) is 4.79 Å². The Morgan fingerprint density at radius 3 is 2.34 bits per heavy atom. The second-order valence-electron chi connectivity index (χ2n) is 10.7. The Hall–Kier alpha value is -1.13. The van der Waals surface area contributed by atoms with E-state index in [1.165, 1.54) is 39.0 Å². The Bertz CT molecular complexity index is 600. The van der Waals surface area contributed by atoms with Gasteiger partial charge < -0.3 is 9.16 Å². The van der Waals surface area contributed by atoms with Gasteiger partial charge in [0.2, 0.25) is 0 Å². The molecule has 0 saturated carbocycles. The lowest BCUT2D eigenvalue weighted by molar-refractivity contribution is -0.144. The van der Waals surface area contributed by atoms with Gasteiger partial charge in [-0.05, 0) is 62.1 Å². The Labute approximate surface area is 200 Å². The summed E-state index contributed by atoms with van der Waals surface area (Å²) < 4.78 is 12.1. The number of hydrogen-bond acceptors (Lipinski definition) is 3. The van der Waals surface area contributed by atoms with Crippen molar-refractivity contribution in [1.82, 2.24) is 0 Å². The molecule has 0 amide bonds. The van der Waals surface area contributed by atoms with Crippen LogP contribution in [-0.2, 0) is 14.0 Å². The molecule has 0 heterocycles. The first-order chi connectivity index (χ1) is 15.1. The zero-order valence-electron chi connectivity index (χ0n) is 21.9. The average molecular weight is 463 g/mol. The second kappa shape index (κ2) is 15.7. The Morgan fingerprint density at radius 1 is 1.06 bits per heavy atom. The molecule has 1 rings (SSSR count). The summed E-state index contributed by atoms with van der Waals surface area (Å²) in [7, 11) is -1.12. The summed E-state index contributed by atoms with van der Waals surface area (Å²) in [5, 5.41) is 0. The lowest BCUT2D eigenvalue weighted by Gasteiger charge is -2.42. The molecule has 4 atom stereocenters. The van der Waals surface area contributed by atoms with E-state index >= 15 is 0 Å². The van der Waals surface area contributed by atoms with E-state index < -0.39 is 9.04 Å². The monoisotopic (exact) mass is 462 g/mol. The fraction of sp³-hybridized carbons (Fsp3) is 0.750. The molecule has 0 fully saturated rings. The molecule has 0 spiro atoms. The molecule has 0 N–H and O–H groups in total. The summed E-state index contributed by atoms with van der Waals surface area (Å²) >= 11 is 0. The van der Waals surface area contributed by atoms with Gasteiger partial charge in [0.1, 0.15) is 6.10 Å². The number of esters is 1. The summed E-state index contributed by atoms with van der Waals surface area (Å²) in [5.41, 5.74) is 0.132. The van der Waals surface area contributed by atoms with E-state index in [-0.39, 0.29) is 23.6 Å². The molecule has 3 nitrogen and oxygen atoms in total. The van der Waals surface area contributed by atoms with Crippen LogP contribution in [0.25, 0.3) is 0 Å². The van der Waals surface area contributed by atoms with Crippen molar-refractivity contribution in [2.24, 2.45) is 17.3 Å². The van der Waals surface area contributed by atoms with Crippen LogP contribution in [0.1, 0.15) is 92.4 Å². The molecule has 184 valence electrons. The standard InChI is InChI=1S/C28H50O3Si/c1-8-9-10-11-12-13-20-25(30-23(2)29)21-16-14-18-24-19-15-17-22-26(24)27(28(3,4)5)31-32(6)7/h14-18,21,24-27,32H,8-13,19-20,22H2,1-7H3/t24-,25?,26-,27?/m1/s1. The highest BCUT2D eigenvalue weighted by atomic mass is 28.3. The quantitative estimate of drug-likeness (QED) is 0.0869. The predicted octanol–water partition coefficient (Wildman–Crippen LogP) is 7.78. The van der Waals surface area contributed by atoms with Crippen LogP contribution in [0.2, 0.25) is 13.1 Å². The van der Waals surface area contributed by atoms with Crippen LogP contribution in [0.15, 0.2) is 36.5 Å². The second-order valence-corrected chi connectivity index (χ2v) is 13.1. The summed E-state index contributed by atoms with van der Waals surface area (Å²) in [4.78, 5) is 11.5. The number of unbranched alkanes of at least 4 members (excludes halogenated alkanes) is 5. The first kappa shape index (κ1) is 28.9. The number of hydrogen-bond donors (Lipinski definition) is 0. The fourth-order valence-corrected chi connectivity index (χ4v) is 5.79. The van der Waals surface area contributed by atoms with Crippen molar-refractivity contribution in [3.05, 3.63) is 36.5 Å². The molecule has 2 unspecified atom stereocenters. The van der Waals surface area contributed by atoms with Gasteiger partial charge in [-0.2, -0.15) is 0 Å². The van der Waals surface area contributed by atoms with Gasteiger partial charge in [0.15, 0.2) is 9.04 Å². The summed E-state index contributed by atoms with van der Waals surface area (Å²) in [5.74, 6) is 0.786. The molecule has 0 aliphatic heterocycles. The molecule has 0 aromatic heterocycles. The van der Waals surface area contributed by atoms with E-state index in [0.29, 0.717) is 11.8 Å². The minimum Gasteiger partial charge on any atom is -0.458 e. The van der Waals surface area contributed by atoms with Gasteiger partial charge in [-0.3, -0.25) is 4.79 Å². The molecule has 0 radical (unpaired) electrons. The molecule has 1 aliphatic carbocycles. The van der Waals surface area contributed by atoms with Gasteiger partial charge in [-0.25, -0.2) is 0 Å². The summed E-state index contributed by atoms with van der Waals surface area (Å²) in [6.07, 6.45) is 23.9. The molecule has 1 aliphatic rings. The number of carbonyl (C=O) groups excluding carboxylic acids is 1. The van der Waals surface area contributed by atoms with Gasteiger partial charge in [-0.1, -0.05) is 90.2 Å². The van der Waals surface area contributed by atoms with Crippen LogP contribution < -0.4 is 0 Å². The van der Waals surface area contributed by atoms with E-state index in [1.54, 1.807) is 0 Å². The number of ether oxygens (including phenoxy) is 1. The van der Waals surface area contributed by atoms with Crippen molar-refractivity contribution in [3.63, 3.8) is 0 Å². The van der Waals surface area contributed by atoms with E-state index in [0.717, 1.165) is 25.7 Å². The van der Waals surface area contributed by atoms with Crippen molar-refractivity contribution in [2.75, 3.05) is 0 Å². The van der Waals surface area contributed by atoms with Crippen LogP contribution in [0.4, 0.5) is 0 Å². The van der Waals surface area contributed by atoms with Crippen LogP contribution in [0, 0.1) is 17.3 Å². The van der Waals surface area contributed by atoms with Gasteiger partial charge in [0.25, 0.3) is 0 Å². The SMILES string of the molecule is CCCCCCCCC(C=CC=C[C@@H]1CC=CC[C@H]1C(O[SiH](C)C)C(C)(C)C)OC(C)=O. The molecule has 4 heteroatoms. The third kappa shape index (κ3) is 12.2. The molecular weight excluding hydrogens is 412 g/mol. The normalized spacial score (nSPS) is 21.5. The summed E-state index contributed by atoms with van der Waals surface area (Å²) in [6, 6.07) is 0. The van der Waals surface area contributed by atoms with Gasteiger partial charge >= 0.3 is 5.97 Å². The Balaban J connectivity index is 2.72. The highest BCUT2D eigenvalue weighted by Crippen LogP contribution is 2.39. The van der Waals surface area contributed by atoms with Crippen LogP contribution in [0.3, 0.4) is 0 Å². The topological polar surface area (TPSA) is 35.5 Å². The average Bonchev–Trinajstić information content (AvgIpc) is 2.70. The first-order valence-corrected chi connectivity index (χ1v) is 15.8. The molecule has 0 aromatic rings. The molecular formula is C28H50O3Si. The van der Waals surface area contributed by atoms with Gasteiger partial charge in [-0.15, -0.1) is 0 Å². The fourth-order valence-electron chi connectivity index (χ4n) is 4.59. The molecule has 0 bridgehead atoms. The zero-order valence-corrected chi connectivity index (χ0v) is 23.1. The molecule has 0 saturated heterocycles. The van der Waals surface area contributed by atoms with E-state index in [1.807, 2.05) is 0 Å². The van der Waals surface area contributed by atoms with Crippen LogP contribution in [0.5, 0.6) is 0 Å². The summed E-state index contributed by atoms with van der Waals surface area (Å²) in [6.45, 7) is 15.2. The third-order valence-electron chi connectivity index (χ3n) is 6.15. The van der Waals surface area contributed by atoms with Crippen LogP contribution >= 0.6 is 0 Å². The van der Waals surface area contributed by atoms with Gasteiger partial charge in [0, 0.05) is 6.92 Å². The minimum absolute atomic E-state index is 0.122. The van der Waals surface area contributed by atoms with E-state index in [2.05, 4.69) is 77.2 Å². The predicted molar refractivity (Wildman–Crippen MR) is 140 cm³/mol. The number of allylic oxidation sites excluding steroid dienone is 5. The Morgan fingerprint density at radius 2 is 1.72 bits per heavy atom. The van der Waals surface area contributed by atoms with Crippen molar-refractivity contribution < 1.29 is 14.0 Å². The van der Waals surface area contributed by atoms with Gasteiger partial charge in [0.05, 0.1) is 6.10 Å². The number of carbonyl (C=O) groups is 1. The van der Waals surface area contributed by atoms with Crippen molar-refractivity contribution in [3.8, 4) is 0 Å². The third-order valence-corrected chi connectivity index (χ3v) is 6.99. The largest absolute Gasteiger partial charge is 0.458 e. The maximum Gasteiger partial charge on any atom is 0.303 e. The highest BCUT2D eigenvalue weighted by Gasteiger charge is 2.37. The van der Waals surface area contributed by atoms with Crippen molar-refractivity contribution in [2.45, 2.75) is 118 Å². The lowest BCUT2D eigenvalue weighted by atomic mass is 9.71. The van der Waals surface area contributed by atoms with Crippen molar-refractivity contribution >= 4 is 15.0 Å². The van der Waals surface area contributed by atoms with Crippen molar-refractivity contribution in [1.29, 1.82) is 0 Å². The minimum atomic E-state index is -1.12. The maximum absolute atomic E-state index is 11.5.